The molecule has 8 nitrogen and oxygen atoms in total. The minimum Gasteiger partial charge on any atom is -0.497 e. The first-order chi connectivity index (χ1) is 17.7. The normalized spacial score (nSPS) is 23.1. The summed E-state index contributed by atoms with van der Waals surface area (Å²) in [6, 6.07) is 5.61. The molecule has 8 heteroatoms. The van der Waals surface area contributed by atoms with Crippen molar-refractivity contribution in [1.29, 1.82) is 0 Å². The van der Waals surface area contributed by atoms with Crippen LogP contribution < -0.4 is 9.64 Å². The highest BCUT2D eigenvalue weighted by Gasteiger charge is 2.36. The summed E-state index contributed by atoms with van der Waals surface area (Å²) in [7, 11) is 3.42. The highest BCUT2D eigenvalue weighted by molar-refractivity contribution is 6.04. The van der Waals surface area contributed by atoms with Gasteiger partial charge in [0.15, 0.2) is 0 Å². The van der Waals surface area contributed by atoms with Gasteiger partial charge in [0.2, 0.25) is 11.8 Å². The molecule has 37 heavy (non-hydrogen) atoms. The zero-order chi connectivity index (χ0) is 26.7. The number of anilines is 1. The first kappa shape index (κ1) is 27.0. The lowest BCUT2D eigenvalue weighted by molar-refractivity contribution is -0.144. The van der Waals surface area contributed by atoms with Crippen molar-refractivity contribution in [2.45, 2.75) is 52.4 Å². The molecule has 2 fully saturated rings. The number of urea groups is 1. The second kappa shape index (κ2) is 11.6. The number of carbonyl (C=O) groups excluding carboxylic acids is 3. The minimum absolute atomic E-state index is 0.0328. The van der Waals surface area contributed by atoms with Gasteiger partial charge in [-0.05, 0) is 56.2 Å². The molecule has 2 heterocycles. The van der Waals surface area contributed by atoms with E-state index in [2.05, 4.69) is 13.5 Å². The summed E-state index contributed by atoms with van der Waals surface area (Å²) in [4.78, 5) is 46.3. The maximum Gasteiger partial charge on any atom is 0.328 e. The Morgan fingerprint density at radius 1 is 1.08 bits per heavy atom. The average molecular weight is 511 g/mol. The van der Waals surface area contributed by atoms with E-state index < -0.39 is 0 Å². The lowest BCUT2D eigenvalue weighted by Crippen LogP contribution is -2.53. The average Bonchev–Trinajstić information content (AvgIpc) is 2.93. The molecule has 3 aliphatic rings. The van der Waals surface area contributed by atoms with Crippen LogP contribution in [0.5, 0.6) is 5.75 Å². The Labute approximate surface area is 221 Å². The number of nitrogens with zero attached hydrogens (tertiary/aromatic N) is 4. The molecule has 4 rings (SSSR count). The first-order valence-electron chi connectivity index (χ1n) is 13.7. The van der Waals surface area contributed by atoms with E-state index in [0.717, 1.165) is 55.5 Å². The summed E-state index contributed by atoms with van der Waals surface area (Å²) < 4.78 is 5.38. The fraction of sp³-hybridized carbons (Fsp3) is 0.621. The molecule has 0 spiro atoms. The van der Waals surface area contributed by atoms with Crippen LogP contribution in [-0.2, 0) is 9.59 Å². The molecule has 1 aliphatic carbocycles. The summed E-state index contributed by atoms with van der Waals surface area (Å²) >= 11 is 0. The zero-order valence-corrected chi connectivity index (χ0v) is 22.9. The van der Waals surface area contributed by atoms with Crippen molar-refractivity contribution in [2.24, 2.45) is 17.8 Å². The highest BCUT2D eigenvalue weighted by Crippen LogP contribution is 2.39. The molecular formula is C29H42N4O4. The quantitative estimate of drug-likeness (QED) is 0.543. The summed E-state index contributed by atoms with van der Waals surface area (Å²) in [5, 5.41) is 0. The molecule has 1 aromatic rings. The van der Waals surface area contributed by atoms with E-state index in [4.69, 9.17) is 4.74 Å². The number of ether oxygens (including phenoxy) is 1. The third kappa shape index (κ3) is 5.63. The van der Waals surface area contributed by atoms with Crippen molar-refractivity contribution in [3.63, 3.8) is 0 Å². The zero-order valence-electron chi connectivity index (χ0n) is 22.9. The van der Waals surface area contributed by atoms with Gasteiger partial charge < -0.3 is 14.5 Å². The number of fused-ring (bicyclic) bond motifs is 1. The summed E-state index contributed by atoms with van der Waals surface area (Å²) in [6.45, 7) is 11.5. The molecule has 0 aromatic heterocycles. The number of hydrogen-bond acceptors (Lipinski definition) is 4. The Hall–Kier alpha value is -3.03. The molecule has 1 saturated carbocycles. The van der Waals surface area contributed by atoms with Gasteiger partial charge in [-0.3, -0.25) is 19.4 Å². The van der Waals surface area contributed by atoms with Gasteiger partial charge in [0.05, 0.1) is 12.8 Å². The molecule has 0 bridgehead atoms. The van der Waals surface area contributed by atoms with Crippen molar-refractivity contribution in [1.82, 2.24) is 14.7 Å². The lowest BCUT2D eigenvalue weighted by Gasteiger charge is -2.40. The Balaban J connectivity index is 1.29. The monoisotopic (exact) mass is 510 g/mol. The summed E-state index contributed by atoms with van der Waals surface area (Å²) in [5.41, 5.74) is 2.45. The molecule has 1 atom stereocenters. The third-order valence-corrected chi connectivity index (χ3v) is 8.40. The van der Waals surface area contributed by atoms with E-state index in [9.17, 15) is 14.4 Å². The number of rotatable bonds is 7. The van der Waals surface area contributed by atoms with Gasteiger partial charge in [-0.1, -0.05) is 26.8 Å². The van der Waals surface area contributed by atoms with Crippen LogP contribution >= 0.6 is 0 Å². The Morgan fingerprint density at radius 2 is 1.73 bits per heavy atom. The Kier molecular flexibility index (Phi) is 8.45. The standard InChI is InChI=1S/C29H42N4O4/c1-6-7-20(2)27(34)31-14-16-32(17-15-31)28(35)23-10-8-22(9-11-23)19-33-21(3)25-18-24(37-5)12-13-26(25)30(4)29(33)36/h12-13,18,20,22-23H,3,6-11,14-17,19H2,1-2,4-5H3/t20?,22-,23-. The fourth-order valence-electron chi connectivity index (χ4n) is 6.02. The van der Waals surface area contributed by atoms with Gasteiger partial charge in [-0.15, -0.1) is 0 Å². The maximum atomic E-state index is 13.2. The highest BCUT2D eigenvalue weighted by atomic mass is 16.5. The molecule has 2 aliphatic heterocycles. The van der Waals surface area contributed by atoms with Gasteiger partial charge in [0.1, 0.15) is 5.75 Å². The van der Waals surface area contributed by atoms with Crippen LogP contribution in [0.4, 0.5) is 10.5 Å². The van der Waals surface area contributed by atoms with Gasteiger partial charge >= 0.3 is 6.03 Å². The second-order valence-electron chi connectivity index (χ2n) is 10.8. The van der Waals surface area contributed by atoms with E-state index >= 15 is 0 Å². The van der Waals surface area contributed by atoms with Crippen LogP contribution in [0, 0.1) is 17.8 Å². The van der Waals surface area contributed by atoms with Crippen LogP contribution in [0.1, 0.15) is 57.9 Å². The summed E-state index contributed by atoms with van der Waals surface area (Å²) in [5.74, 6) is 1.61. The second-order valence-corrected chi connectivity index (χ2v) is 10.8. The van der Waals surface area contributed by atoms with Crippen molar-refractivity contribution in [2.75, 3.05) is 51.8 Å². The van der Waals surface area contributed by atoms with Gasteiger partial charge in [0.25, 0.3) is 0 Å². The third-order valence-electron chi connectivity index (χ3n) is 8.40. The predicted molar refractivity (Wildman–Crippen MR) is 145 cm³/mol. The van der Waals surface area contributed by atoms with Crippen LogP contribution in [-0.4, -0.2) is 79.4 Å². The molecule has 1 unspecified atom stereocenters. The number of hydrogen-bond donors (Lipinski definition) is 0. The Morgan fingerprint density at radius 3 is 2.35 bits per heavy atom. The largest absolute Gasteiger partial charge is 0.497 e. The predicted octanol–water partition coefficient (Wildman–Crippen LogP) is 4.45. The van der Waals surface area contributed by atoms with E-state index in [0.29, 0.717) is 44.3 Å². The number of piperazine rings is 1. The van der Waals surface area contributed by atoms with Crippen molar-refractivity contribution >= 4 is 29.2 Å². The molecule has 0 radical (unpaired) electrons. The topological polar surface area (TPSA) is 73.4 Å². The Bertz CT molecular complexity index is 1020. The van der Waals surface area contributed by atoms with Crippen molar-refractivity contribution in [3.05, 3.63) is 30.3 Å². The SMILES string of the molecule is C=C1c2cc(OC)ccc2N(C)C(=O)N1C[C@H]1CC[C@H](C(=O)N2CCN(C(=O)C(C)CCC)CC2)CC1. The van der Waals surface area contributed by atoms with Crippen molar-refractivity contribution < 1.29 is 19.1 Å². The molecule has 4 amide bonds. The van der Waals surface area contributed by atoms with Crippen LogP contribution in [0.3, 0.4) is 0 Å². The molecule has 202 valence electrons. The van der Waals surface area contributed by atoms with Crippen molar-refractivity contribution in [3.8, 4) is 5.75 Å². The van der Waals surface area contributed by atoms with E-state index in [1.54, 1.807) is 24.0 Å². The number of methoxy groups -OCH3 is 1. The van der Waals surface area contributed by atoms with Crippen LogP contribution in [0.15, 0.2) is 24.8 Å². The van der Waals surface area contributed by atoms with Crippen LogP contribution in [0.2, 0.25) is 0 Å². The van der Waals surface area contributed by atoms with E-state index in [1.165, 1.54) is 0 Å². The molecule has 0 N–H and O–H groups in total. The molecular weight excluding hydrogens is 468 g/mol. The number of carbonyl (C=O) groups is 3. The number of amides is 4. The van der Waals surface area contributed by atoms with Gasteiger partial charge in [0, 0.05) is 62.9 Å². The van der Waals surface area contributed by atoms with E-state index in [-0.39, 0.29) is 29.7 Å². The molecule has 1 aromatic carbocycles. The van der Waals surface area contributed by atoms with E-state index in [1.807, 2.05) is 34.9 Å². The first-order valence-corrected chi connectivity index (χ1v) is 13.7. The maximum absolute atomic E-state index is 13.2. The van der Waals surface area contributed by atoms with Gasteiger partial charge in [-0.2, -0.15) is 0 Å². The minimum atomic E-state index is -0.0680. The fourth-order valence-corrected chi connectivity index (χ4v) is 6.02. The number of benzene rings is 1. The van der Waals surface area contributed by atoms with Gasteiger partial charge in [-0.25, -0.2) is 4.79 Å². The lowest BCUT2D eigenvalue weighted by atomic mass is 9.80. The molecule has 1 saturated heterocycles. The summed E-state index contributed by atoms with van der Waals surface area (Å²) in [6.07, 6.45) is 5.42. The smallest absolute Gasteiger partial charge is 0.328 e. The van der Waals surface area contributed by atoms with Crippen LogP contribution in [0.25, 0.3) is 5.70 Å².